The molecule has 1 atom stereocenters. The van der Waals surface area contributed by atoms with Crippen LogP contribution in [-0.2, 0) is 13.1 Å². The van der Waals surface area contributed by atoms with E-state index >= 15 is 0 Å². The van der Waals surface area contributed by atoms with E-state index in [1.165, 1.54) is 11.3 Å². The fourth-order valence-corrected chi connectivity index (χ4v) is 2.67. The Balaban J connectivity index is 2.01. The summed E-state index contributed by atoms with van der Waals surface area (Å²) in [6.07, 6.45) is 3.78. The highest BCUT2D eigenvalue weighted by molar-refractivity contribution is 9.10. The molecular weight excluding hydrogens is 318 g/mol. The molecule has 0 amide bonds. The lowest BCUT2D eigenvalue weighted by atomic mass is 10.1. The zero-order chi connectivity index (χ0) is 14.5. The van der Waals surface area contributed by atoms with Crippen molar-refractivity contribution in [3.05, 3.63) is 46.5 Å². The molecule has 1 N–H and O–H groups in total. The topological polar surface area (TPSA) is 39.1 Å². The molecule has 0 fully saturated rings. The van der Waals surface area contributed by atoms with Crippen LogP contribution in [0.4, 0.5) is 0 Å². The molecule has 2 aromatic rings. The second-order valence-corrected chi connectivity index (χ2v) is 5.52. The Morgan fingerprint density at radius 2 is 2.25 bits per heavy atom. The zero-order valence-electron chi connectivity index (χ0n) is 12.1. The van der Waals surface area contributed by atoms with Crippen LogP contribution in [0.15, 0.2) is 35.2 Å². The van der Waals surface area contributed by atoms with Crippen molar-refractivity contribution in [3.8, 4) is 5.75 Å². The van der Waals surface area contributed by atoms with E-state index in [2.05, 4.69) is 56.8 Å². The SMILES string of the molecule is CCn1cncc1CNC(C)c1ccc(OC)c(Br)c1. The molecule has 0 saturated heterocycles. The van der Waals surface area contributed by atoms with Crippen molar-refractivity contribution in [1.82, 2.24) is 14.9 Å². The number of hydrogen-bond donors (Lipinski definition) is 1. The summed E-state index contributed by atoms with van der Waals surface area (Å²) in [7, 11) is 1.67. The average molecular weight is 338 g/mol. The molecule has 0 aliphatic carbocycles. The minimum Gasteiger partial charge on any atom is -0.496 e. The molecule has 4 nitrogen and oxygen atoms in total. The minimum absolute atomic E-state index is 0.261. The van der Waals surface area contributed by atoms with Gasteiger partial charge in [-0.15, -0.1) is 0 Å². The van der Waals surface area contributed by atoms with Gasteiger partial charge in [0.1, 0.15) is 5.75 Å². The van der Waals surface area contributed by atoms with E-state index < -0.39 is 0 Å². The third-order valence-corrected chi connectivity index (χ3v) is 4.02. The summed E-state index contributed by atoms with van der Waals surface area (Å²) >= 11 is 3.52. The van der Waals surface area contributed by atoms with Crippen LogP contribution >= 0.6 is 15.9 Å². The first-order chi connectivity index (χ1) is 9.65. The lowest BCUT2D eigenvalue weighted by molar-refractivity contribution is 0.411. The third kappa shape index (κ3) is 3.41. The number of hydrogen-bond acceptors (Lipinski definition) is 3. The van der Waals surface area contributed by atoms with Gasteiger partial charge in [0.25, 0.3) is 0 Å². The number of nitrogens with one attached hydrogen (secondary N) is 1. The van der Waals surface area contributed by atoms with Gasteiger partial charge in [-0.25, -0.2) is 4.98 Å². The lowest BCUT2D eigenvalue weighted by Gasteiger charge is -2.16. The summed E-state index contributed by atoms with van der Waals surface area (Å²) < 4.78 is 8.37. The first kappa shape index (κ1) is 15.1. The first-order valence-corrected chi connectivity index (χ1v) is 7.50. The third-order valence-electron chi connectivity index (χ3n) is 3.40. The predicted molar refractivity (Wildman–Crippen MR) is 83.8 cm³/mol. The molecule has 20 heavy (non-hydrogen) atoms. The molecule has 0 spiro atoms. The van der Waals surface area contributed by atoms with Gasteiger partial charge in [-0.05, 0) is 47.5 Å². The molecule has 0 saturated carbocycles. The predicted octanol–water partition coefficient (Wildman–Crippen LogP) is 3.52. The van der Waals surface area contributed by atoms with Gasteiger partial charge in [-0.3, -0.25) is 0 Å². The fraction of sp³-hybridized carbons (Fsp3) is 0.400. The van der Waals surface area contributed by atoms with Crippen molar-refractivity contribution in [2.45, 2.75) is 33.0 Å². The fourth-order valence-electron chi connectivity index (χ4n) is 2.11. The van der Waals surface area contributed by atoms with Crippen molar-refractivity contribution >= 4 is 15.9 Å². The number of methoxy groups -OCH3 is 1. The van der Waals surface area contributed by atoms with Gasteiger partial charge in [0.05, 0.1) is 23.6 Å². The molecule has 0 aliphatic heterocycles. The maximum Gasteiger partial charge on any atom is 0.133 e. The highest BCUT2D eigenvalue weighted by Gasteiger charge is 2.09. The van der Waals surface area contributed by atoms with Crippen molar-refractivity contribution in [2.24, 2.45) is 0 Å². The highest BCUT2D eigenvalue weighted by Crippen LogP contribution is 2.28. The van der Waals surface area contributed by atoms with Crippen molar-refractivity contribution in [1.29, 1.82) is 0 Å². The zero-order valence-corrected chi connectivity index (χ0v) is 13.6. The van der Waals surface area contributed by atoms with Gasteiger partial charge in [0.2, 0.25) is 0 Å². The van der Waals surface area contributed by atoms with Gasteiger partial charge < -0.3 is 14.6 Å². The molecule has 1 heterocycles. The monoisotopic (exact) mass is 337 g/mol. The van der Waals surface area contributed by atoms with E-state index in [0.717, 1.165) is 23.3 Å². The Morgan fingerprint density at radius 3 is 2.90 bits per heavy atom. The summed E-state index contributed by atoms with van der Waals surface area (Å²) in [6.45, 7) is 6.02. The number of rotatable bonds is 6. The van der Waals surface area contributed by atoms with Gasteiger partial charge in [0, 0.05) is 25.3 Å². The molecule has 1 aromatic heterocycles. The lowest BCUT2D eigenvalue weighted by Crippen LogP contribution is -2.19. The average Bonchev–Trinajstić information content (AvgIpc) is 2.92. The smallest absolute Gasteiger partial charge is 0.133 e. The van der Waals surface area contributed by atoms with Crippen molar-refractivity contribution in [3.63, 3.8) is 0 Å². The summed E-state index contributed by atoms with van der Waals surface area (Å²) in [5.41, 5.74) is 2.42. The van der Waals surface area contributed by atoms with E-state index in [-0.39, 0.29) is 6.04 Å². The Morgan fingerprint density at radius 1 is 1.45 bits per heavy atom. The van der Waals surface area contributed by atoms with Crippen LogP contribution in [0.5, 0.6) is 5.75 Å². The molecule has 0 radical (unpaired) electrons. The molecule has 2 rings (SSSR count). The minimum atomic E-state index is 0.261. The maximum absolute atomic E-state index is 5.25. The number of ether oxygens (including phenoxy) is 1. The van der Waals surface area contributed by atoms with Crippen LogP contribution in [-0.4, -0.2) is 16.7 Å². The van der Waals surface area contributed by atoms with Crippen molar-refractivity contribution in [2.75, 3.05) is 7.11 Å². The molecule has 1 unspecified atom stereocenters. The number of halogens is 1. The van der Waals surface area contributed by atoms with Crippen LogP contribution in [0.1, 0.15) is 31.1 Å². The summed E-state index contributed by atoms with van der Waals surface area (Å²) in [4.78, 5) is 4.18. The van der Waals surface area contributed by atoms with Crippen molar-refractivity contribution < 1.29 is 4.74 Å². The van der Waals surface area contributed by atoms with E-state index in [4.69, 9.17) is 4.74 Å². The Bertz CT molecular complexity index is 568. The number of nitrogens with zero attached hydrogens (tertiary/aromatic N) is 2. The van der Waals surface area contributed by atoms with E-state index in [9.17, 15) is 0 Å². The Kier molecular flexibility index (Phi) is 5.20. The second kappa shape index (κ2) is 6.90. The second-order valence-electron chi connectivity index (χ2n) is 4.67. The number of aryl methyl sites for hydroxylation is 1. The van der Waals surface area contributed by atoms with E-state index in [0.29, 0.717) is 0 Å². The van der Waals surface area contributed by atoms with Gasteiger partial charge in [-0.1, -0.05) is 6.07 Å². The maximum atomic E-state index is 5.25. The van der Waals surface area contributed by atoms with Gasteiger partial charge >= 0.3 is 0 Å². The summed E-state index contributed by atoms with van der Waals surface area (Å²) in [5.74, 6) is 0.852. The van der Waals surface area contributed by atoms with Crippen LogP contribution in [0.25, 0.3) is 0 Å². The van der Waals surface area contributed by atoms with Crippen LogP contribution in [0, 0.1) is 0 Å². The van der Waals surface area contributed by atoms with E-state index in [1.54, 1.807) is 7.11 Å². The Labute approximate surface area is 128 Å². The largest absolute Gasteiger partial charge is 0.496 e. The molecule has 5 heteroatoms. The van der Waals surface area contributed by atoms with Crippen LogP contribution in [0.3, 0.4) is 0 Å². The molecule has 0 aliphatic rings. The molecule has 108 valence electrons. The van der Waals surface area contributed by atoms with Gasteiger partial charge in [-0.2, -0.15) is 0 Å². The summed E-state index contributed by atoms with van der Waals surface area (Å²) in [5, 5.41) is 3.52. The molecule has 0 bridgehead atoms. The van der Waals surface area contributed by atoms with E-state index in [1.807, 2.05) is 18.6 Å². The quantitative estimate of drug-likeness (QED) is 0.876. The number of aromatic nitrogens is 2. The van der Waals surface area contributed by atoms with Gasteiger partial charge in [0.15, 0.2) is 0 Å². The molecular formula is C15H20BrN3O. The first-order valence-electron chi connectivity index (χ1n) is 6.71. The number of benzene rings is 1. The van der Waals surface area contributed by atoms with Crippen LogP contribution in [0.2, 0.25) is 0 Å². The Hall–Kier alpha value is -1.33. The number of imidazole rings is 1. The highest BCUT2D eigenvalue weighted by atomic mass is 79.9. The normalized spacial score (nSPS) is 12.4. The standard InChI is InChI=1S/C15H20BrN3O/c1-4-19-10-17-8-13(19)9-18-11(2)12-5-6-15(20-3)14(16)7-12/h5-8,10-11,18H,4,9H2,1-3H3. The molecule has 1 aromatic carbocycles. The van der Waals surface area contributed by atoms with Crippen LogP contribution < -0.4 is 10.1 Å². The summed E-state index contributed by atoms with van der Waals surface area (Å²) in [6, 6.07) is 6.41.